The Morgan fingerprint density at radius 2 is 0.719 bits per heavy atom. The largest absolute Gasteiger partial charge is 0.480 e. The van der Waals surface area contributed by atoms with Gasteiger partial charge in [-0.25, -0.2) is 4.57 Å². The third-order valence-corrected chi connectivity index (χ3v) is 13.6. The minimum absolute atomic E-state index is 0.0266. The lowest BCUT2D eigenvalue weighted by Gasteiger charge is -2.20. The van der Waals surface area contributed by atoms with Crippen LogP contribution in [-0.2, 0) is 32.7 Å². The monoisotopic (exact) mass is 932 g/mol. The fraction of sp³-hybridized carbons (Fsp3) is 0.962. The van der Waals surface area contributed by atoms with Gasteiger partial charge in [0.1, 0.15) is 12.1 Å². The molecule has 0 fully saturated rings. The van der Waals surface area contributed by atoms with E-state index in [2.05, 4.69) is 13.8 Å². The van der Waals surface area contributed by atoms with Gasteiger partial charge in [-0.15, -0.1) is 0 Å². The molecule has 0 radical (unpaired) electrons. The summed E-state index contributed by atoms with van der Waals surface area (Å²) in [4.78, 5) is 33.7. The van der Waals surface area contributed by atoms with Crippen LogP contribution in [0.2, 0.25) is 0 Å². The third-order valence-electron chi connectivity index (χ3n) is 12.6. The first-order chi connectivity index (χ1) is 31.2. The highest BCUT2D eigenvalue weighted by molar-refractivity contribution is 7.47. The Kier molecular flexibility index (Phi) is 49.1. The molecule has 0 saturated heterocycles. The first kappa shape index (κ1) is 63.0. The van der Waals surface area contributed by atoms with E-state index in [4.69, 9.17) is 29.4 Å². The Morgan fingerprint density at radius 1 is 0.438 bits per heavy atom. The summed E-state index contributed by atoms with van der Waals surface area (Å²) in [7, 11) is -4.62. The van der Waals surface area contributed by atoms with Gasteiger partial charge in [-0.3, -0.25) is 18.6 Å². The Balaban J connectivity index is 4.03. The number of hydrogen-bond donors (Lipinski definition) is 3. The lowest BCUT2D eigenvalue weighted by atomic mass is 10.0. The number of carboxylic acids is 1. The summed E-state index contributed by atoms with van der Waals surface area (Å²) >= 11 is 0. The summed E-state index contributed by atoms with van der Waals surface area (Å²) in [5, 5.41) is 8.94. The predicted molar refractivity (Wildman–Crippen MR) is 268 cm³/mol. The maximum absolute atomic E-state index is 12.7. The molecule has 3 unspecified atom stereocenters. The van der Waals surface area contributed by atoms with Crippen LogP contribution < -0.4 is 5.73 Å². The van der Waals surface area contributed by atoms with E-state index in [0.717, 1.165) is 38.5 Å². The topological polar surface area (TPSA) is 155 Å². The lowest BCUT2D eigenvalue weighted by Crippen LogP contribution is -2.34. The number of unbranched alkanes of at least 4 members (excludes halogenated alkanes) is 40. The van der Waals surface area contributed by atoms with Crippen LogP contribution >= 0.6 is 7.82 Å². The van der Waals surface area contributed by atoms with Gasteiger partial charge >= 0.3 is 19.8 Å². The summed E-state index contributed by atoms with van der Waals surface area (Å²) < 4.78 is 33.6. The van der Waals surface area contributed by atoms with E-state index in [9.17, 15) is 19.0 Å². The molecule has 0 amide bonds. The van der Waals surface area contributed by atoms with Gasteiger partial charge in [-0.2, -0.15) is 0 Å². The van der Waals surface area contributed by atoms with Crippen molar-refractivity contribution in [2.24, 2.45) is 5.73 Å². The maximum Gasteiger partial charge on any atom is 0.472 e. The number of carbonyl (C=O) groups is 2. The van der Waals surface area contributed by atoms with Crippen LogP contribution in [-0.4, -0.2) is 60.5 Å². The molecule has 0 saturated carbocycles. The molecule has 0 aromatic rings. The maximum atomic E-state index is 12.7. The molecule has 0 heterocycles. The molecule has 0 aliphatic heterocycles. The van der Waals surface area contributed by atoms with Crippen LogP contribution in [0.25, 0.3) is 0 Å². The second kappa shape index (κ2) is 49.9. The average Bonchev–Trinajstić information content (AvgIpc) is 3.28. The van der Waals surface area contributed by atoms with Crippen molar-refractivity contribution in [1.29, 1.82) is 0 Å². The molecule has 11 heteroatoms. The molecule has 10 nitrogen and oxygen atoms in total. The van der Waals surface area contributed by atoms with Crippen molar-refractivity contribution in [1.82, 2.24) is 0 Å². The molecule has 0 bridgehead atoms. The first-order valence-electron chi connectivity index (χ1n) is 27.6. The Bertz CT molecular complexity index is 1030. The van der Waals surface area contributed by atoms with E-state index in [0.29, 0.717) is 6.61 Å². The first-order valence-corrected chi connectivity index (χ1v) is 29.1. The molecule has 0 aliphatic rings. The SMILES string of the molecule is CCCCCCCCCCCCCCCCCCCCCCCCCC(=O)OC(COCCCCCCCCCCCCCCCCCCCCC)COP(=O)(O)OCC(N)C(=O)O. The molecule has 0 aliphatic carbocycles. The van der Waals surface area contributed by atoms with Crippen LogP contribution in [0.15, 0.2) is 0 Å². The number of hydrogen-bond acceptors (Lipinski definition) is 8. The predicted octanol–water partition coefficient (Wildman–Crippen LogP) is 16.3. The van der Waals surface area contributed by atoms with Crippen LogP contribution in [0.5, 0.6) is 0 Å². The van der Waals surface area contributed by atoms with E-state index in [1.54, 1.807) is 0 Å². The molecule has 0 aromatic carbocycles. The minimum Gasteiger partial charge on any atom is -0.480 e. The van der Waals surface area contributed by atoms with Crippen molar-refractivity contribution in [3.63, 3.8) is 0 Å². The van der Waals surface area contributed by atoms with Crippen molar-refractivity contribution in [3.8, 4) is 0 Å². The molecule has 0 rings (SSSR count). The number of nitrogens with two attached hydrogens (primary N) is 1. The summed E-state index contributed by atoms with van der Waals surface area (Å²) in [6, 6.07) is -1.47. The number of esters is 1. The highest BCUT2D eigenvalue weighted by Gasteiger charge is 2.27. The lowest BCUT2D eigenvalue weighted by molar-refractivity contribution is -0.154. The van der Waals surface area contributed by atoms with E-state index in [-0.39, 0.29) is 13.0 Å². The van der Waals surface area contributed by atoms with Crippen molar-refractivity contribution >= 4 is 19.8 Å². The molecular weight excluding hydrogens is 826 g/mol. The zero-order chi connectivity index (χ0) is 46.9. The summed E-state index contributed by atoms with van der Waals surface area (Å²) in [6.45, 7) is 3.97. The molecule has 0 aromatic heterocycles. The van der Waals surface area contributed by atoms with Gasteiger partial charge in [0.2, 0.25) is 0 Å². The number of ether oxygens (including phenoxy) is 2. The van der Waals surface area contributed by atoms with Crippen molar-refractivity contribution in [2.75, 3.05) is 26.4 Å². The standard InChI is InChI=1S/C53H106NO9P/c1-3-5-7-9-11-13-15-17-19-21-23-24-25-26-27-29-31-33-35-37-39-41-43-45-52(55)63-50(48-61-64(58,59)62-49-51(54)53(56)57)47-60-46-44-42-40-38-36-34-32-30-28-22-20-18-16-14-12-10-8-6-4-2/h50-51H,3-49,54H2,1-2H3,(H,56,57)(H,58,59). The number of carboxylic acid groups (broad SMARTS) is 1. The number of phosphoric acid groups is 1. The second-order valence-electron chi connectivity index (χ2n) is 19.1. The number of rotatable bonds is 54. The smallest absolute Gasteiger partial charge is 0.472 e. The zero-order valence-electron chi connectivity index (χ0n) is 42.2. The van der Waals surface area contributed by atoms with Gasteiger partial charge in [0.25, 0.3) is 0 Å². The summed E-state index contributed by atoms with van der Waals surface area (Å²) in [5.74, 6) is -1.76. The molecule has 4 N–H and O–H groups in total. The van der Waals surface area contributed by atoms with E-state index in [1.807, 2.05) is 0 Å². The fourth-order valence-corrected chi connectivity index (χ4v) is 9.15. The fourth-order valence-electron chi connectivity index (χ4n) is 8.37. The van der Waals surface area contributed by atoms with Crippen LogP contribution in [0, 0.1) is 0 Å². The van der Waals surface area contributed by atoms with Crippen LogP contribution in [0.1, 0.15) is 290 Å². The third kappa shape index (κ3) is 48.9. The highest BCUT2D eigenvalue weighted by atomic mass is 31.2. The molecular formula is C53H106NO9P. The number of phosphoric ester groups is 1. The van der Waals surface area contributed by atoms with Gasteiger partial charge < -0.3 is 25.2 Å². The molecule has 0 spiro atoms. The van der Waals surface area contributed by atoms with Gasteiger partial charge in [-0.05, 0) is 12.8 Å². The van der Waals surface area contributed by atoms with Crippen molar-refractivity contribution < 1.29 is 42.7 Å². The van der Waals surface area contributed by atoms with Crippen LogP contribution in [0.4, 0.5) is 0 Å². The summed E-state index contributed by atoms with van der Waals surface area (Å²) in [5.41, 5.74) is 5.38. The molecule has 64 heavy (non-hydrogen) atoms. The van der Waals surface area contributed by atoms with E-state index < -0.39 is 45.1 Å². The summed E-state index contributed by atoms with van der Waals surface area (Å²) in [6.07, 6.45) is 54.5. The Labute approximate surface area is 395 Å². The minimum atomic E-state index is -4.62. The van der Waals surface area contributed by atoms with Gasteiger partial charge in [0.05, 0.1) is 19.8 Å². The Morgan fingerprint density at radius 3 is 1.03 bits per heavy atom. The quantitative estimate of drug-likeness (QED) is 0.0305. The average molecular weight is 932 g/mol. The van der Waals surface area contributed by atoms with Gasteiger partial charge in [0.15, 0.2) is 0 Å². The Hall–Kier alpha value is -1.03. The van der Waals surface area contributed by atoms with E-state index >= 15 is 0 Å². The zero-order valence-corrected chi connectivity index (χ0v) is 43.1. The van der Waals surface area contributed by atoms with Gasteiger partial charge in [-0.1, -0.05) is 271 Å². The molecule has 3 atom stereocenters. The number of aliphatic carboxylic acids is 1. The van der Waals surface area contributed by atoms with Gasteiger partial charge in [0, 0.05) is 13.0 Å². The van der Waals surface area contributed by atoms with Crippen molar-refractivity contribution in [2.45, 2.75) is 302 Å². The normalized spacial score (nSPS) is 13.6. The number of carbonyl (C=O) groups excluding carboxylic acids is 1. The van der Waals surface area contributed by atoms with Crippen LogP contribution in [0.3, 0.4) is 0 Å². The highest BCUT2D eigenvalue weighted by Crippen LogP contribution is 2.43. The van der Waals surface area contributed by atoms with E-state index in [1.165, 1.54) is 231 Å². The second-order valence-corrected chi connectivity index (χ2v) is 20.5. The van der Waals surface area contributed by atoms with Crippen molar-refractivity contribution in [3.05, 3.63) is 0 Å². The molecule has 382 valence electrons.